The lowest BCUT2D eigenvalue weighted by Gasteiger charge is -2.46. The van der Waals surface area contributed by atoms with Gasteiger partial charge in [-0.2, -0.15) is 0 Å². The molecule has 1 aromatic heterocycles. The lowest BCUT2D eigenvalue weighted by atomic mass is 9.59. The lowest BCUT2D eigenvalue weighted by Crippen LogP contribution is -2.54. The Balaban J connectivity index is 1.58. The van der Waals surface area contributed by atoms with Gasteiger partial charge in [0.2, 0.25) is 5.91 Å². The van der Waals surface area contributed by atoms with Crippen LogP contribution in [0, 0.1) is 18.3 Å². The number of fused-ring (bicyclic) bond motifs is 1. The first-order chi connectivity index (χ1) is 16.9. The van der Waals surface area contributed by atoms with Crippen molar-refractivity contribution in [2.24, 2.45) is 11.3 Å². The van der Waals surface area contributed by atoms with Crippen molar-refractivity contribution in [3.05, 3.63) is 21.9 Å². The van der Waals surface area contributed by atoms with E-state index in [1.54, 1.807) is 19.2 Å². The summed E-state index contributed by atoms with van der Waals surface area (Å²) in [5.41, 5.74) is -0.666. The molecule has 3 aliphatic rings. The molecule has 4 rings (SSSR count). The number of amides is 1. The summed E-state index contributed by atoms with van der Waals surface area (Å²) in [6, 6.07) is -1.04. The molecule has 200 valence electrons. The van der Waals surface area contributed by atoms with Crippen molar-refractivity contribution in [1.29, 1.82) is 0 Å². The Morgan fingerprint density at radius 3 is 2.64 bits per heavy atom. The van der Waals surface area contributed by atoms with Gasteiger partial charge in [-0.1, -0.05) is 24.9 Å². The molecule has 8 nitrogen and oxygen atoms in total. The predicted octanol–water partition coefficient (Wildman–Crippen LogP) is 3.27. The summed E-state index contributed by atoms with van der Waals surface area (Å²) in [6.07, 6.45) is -0.639. The fourth-order valence-electron chi connectivity index (χ4n) is 5.21. The highest BCUT2D eigenvalue weighted by molar-refractivity contribution is 7.09. The average molecular weight is 545 g/mol. The van der Waals surface area contributed by atoms with Crippen LogP contribution >= 0.6 is 22.9 Å². The molecular formula is C25H34ClFN2O6S. The van der Waals surface area contributed by atoms with E-state index < -0.39 is 58.6 Å². The van der Waals surface area contributed by atoms with Gasteiger partial charge in [-0.05, 0) is 32.8 Å². The van der Waals surface area contributed by atoms with Crippen molar-refractivity contribution in [3.8, 4) is 0 Å². The van der Waals surface area contributed by atoms with Gasteiger partial charge in [-0.25, -0.2) is 9.37 Å². The van der Waals surface area contributed by atoms with E-state index in [9.17, 15) is 19.8 Å². The minimum Gasteiger partial charge on any atom is -0.392 e. The number of hydrogen-bond acceptors (Lipinski definition) is 8. The Kier molecular flexibility index (Phi) is 8.24. The van der Waals surface area contributed by atoms with Crippen molar-refractivity contribution in [3.63, 3.8) is 0 Å². The summed E-state index contributed by atoms with van der Waals surface area (Å²) in [7, 11) is 0. The topological polar surface area (TPSA) is 121 Å². The zero-order chi connectivity index (χ0) is 26.3. The molecular weight excluding hydrogens is 511 g/mol. The van der Waals surface area contributed by atoms with E-state index in [2.05, 4.69) is 10.3 Å². The molecule has 2 aliphatic heterocycles. The van der Waals surface area contributed by atoms with Crippen molar-refractivity contribution >= 4 is 40.7 Å². The van der Waals surface area contributed by atoms with Crippen LogP contribution in [0.15, 0.2) is 11.2 Å². The summed E-state index contributed by atoms with van der Waals surface area (Å²) in [5.74, 6) is -2.27. The number of halogens is 2. The second-order valence-electron chi connectivity index (χ2n) is 10.3. The number of nitrogens with one attached hydrogen (secondary N) is 1. The molecule has 3 heterocycles. The van der Waals surface area contributed by atoms with Crippen LogP contribution in [0.5, 0.6) is 0 Å². The number of aryl methyl sites for hydroxylation is 1. The Labute approximate surface area is 219 Å². The molecule has 1 saturated carbocycles. The number of ether oxygens (including phenoxy) is 2. The largest absolute Gasteiger partial charge is 0.392 e. The summed E-state index contributed by atoms with van der Waals surface area (Å²) < 4.78 is 26.7. The maximum Gasteiger partial charge on any atom is 0.223 e. The molecule has 36 heavy (non-hydrogen) atoms. The minimum absolute atomic E-state index is 0.0794. The molecule has 11 heteroatoms. The van der Waals surface area contributed by atoms with Crippen LogP contribution in [0.25, 0.3) is 6.08 Å². The van der Waals surface area contributed by atoms with Gasteiger partial charge in [0.05, 0.1) is 53.5 Å². The number of aromatic nitrogens is 1. The van der Waals surface area contributed by atoms with Crippen LogP contribution in [-0.4, -0.2) is 69.0 Å². The van der Waals surface area contributed by atoms with E-state index in [-0.39, 0.29) is 25.2 Å². The van der Waals surface area contributed by atoms with E-state index in [1.165, 1.54) is 17.4 Å². The van der Waals surface area contributed by atoms with E-state index in [4.69, 9.17) is 21.1 Å². The average Bonchev–Trinajstić information content (AvgIpc) is 3.22. The summed E-state index contributed by atoms with van der Waals surface area (Å²) in [5, 5.41) is 25.9. The van der Waals surface area contributed by atoms with Crippen LogP contribution in [0.1, 0.15) is 63.1 Å². The van der Waals surface area contributed by atoms with E-state index in [0.717, 1.165) is 11.4 Å². The number of rotatable bonds is 2. The lowest BCUT2D eigenvalue weighted by molar-refractivity contribution is -0.157. The molecule has 3 fully saturated rings. The molecule has 0 unspecified atom stereocenters. The normalized spacial score (nSPS) is 38.2. The van der Waals surface area contributed by atoms with Gasteiger partial charge < -0.3 is 25.0 Å². The van der Waals surface area contributed by atoms with Crippen molar-refractivity contribution in [2.45, 2.75) is 94.8 Å². The second kappa shape index (κ2) is 10.7. The molecule has 0 bridgehead atoms. The third kappa shape index (κ3) is 5.68. The molecule has 0 radical (unpaired) electrons. The smallest absolute Gasteiger partial charge is 0.223 e. The van der Waals surface area contributed by atoms with Crippen LogP contribution in [0.3, 0.4) is 0 Å². The molecule has 2 saturated heterocycles. The molecule has 1 aliphatic carbocycles. The van der Waals surface area contributed by atoms with Gasteiger partial charge in [0.15, 0.2) is 5.06 Å². The number of epoxide rings is 1. The molecule has 1 amide bonds. The molecule has 1 spiro atoms. The van der Waals surface area contributed by atoms with Crippen LogP contribution in [-0.2, 0) is 19.1 Å². The third-order valence-electron chi connectivity index (χ3n) is 7.79. The number of ketones is 1. The molecule has 1 aromatic rings. The Morgan fingerprint density at radius 1 is 1.31 bits per heavy atom. The van der Waals surface area contributed by atoms with E-state index >= 15 is 4.39 Å². The number of aliphatic hydroxyl groups is 2. The van der Waals surface area contributed by atoms with Crippen LogP contribution in [0.4, 0.5) is 4.39 Å². The number of Topliss-reactive ketones (excluding diaryl/α,β-unsaturated/α-hetero) is 1. The number of aliphatic hydroxyl groups excluding tert-OH is 2. The number of hydrogen-bond donors (Lipinski definition) is 3. The van der Waals surface area contributed by atoms with Gasteiger partial charge in [0.1, 0.15) is 17.7 Å². The first-order valence-corrected chi connectivity index (χ1v) is 13.7. The van der Waals surface area contributed by atoms with Gasteiger partial charge in [-0.3, -0.25) is 9.59 Å². The highest BCUT2D eigenvalue weighted by atomic mass is 35.5. The molecule has 0 aromatic carbocycles. The molecule has 3 N–H and O–H groups in total. The minimum atomic E-state index is -1.25. The number of carbonyl (C=O) groups excluding carboxylic acids is 2. The van der Waals surface area contributed by atoms with Crippen molar-refractivity contribution in [2.75, 3.05) is 6.61 Å². The Morgan fingerprint density at radius 2 is 2.03 bits per heavy atom. The zero-order valence-electron chi connectivity index (χ0n) is 20.7. The summed E-state index contributed by atoms with van der Waals surface area (Å²) in [4.78, 5) is 30.6. The van der Waals surface area contributed by atoms with Crippen molar-refractivity contribution in [1.82, 2.24) is 10.3 Å². The number of nitrogens with zero attached hydrogens (tertiary/aromatic N) is 1. The van der Waals surface area contributed by atoms with E-state index in [0.29, 0.717) is 25.0 Å². The Bertz CT molecular complexity index is 1020. The molecule has 7 atom stereocenters. The predicted molar refractivity (Wildman–Crippen MR) is 133 cm³/mol. The number of alkyl halides is 1. The SMILES string of the molecule is Cc1nc(C=C(F)[C@@H]2C[C@@H]3O[C@]3(Cl)CCO[C@@H](C)[C@@H](O)[C@@H](C)C(=O)C3(CCC3)[C@@H](O)CC(=O)N2)cs1. The van der Waals surface area contributed by atoms with Gasteiger partial charge in [0, 0.05) is 24.1 Å². The van der Waals surface area contributed by atoms with Crippen LogP contribution < -0.4 is 5.32 Å². The Hall–Kier alpha value is -1.43. The fourth-order valence-corrected chi connectivity index (χ4v) is 6.06. The first kappa shape index (κ1) is 27.6. The summed E-state index contributed by atoms with van der Waals surface area (Å²) >= 11 is 7.93. The second-order valence-corrected chi connectivity index (χ2v) is 12.0. The fraction of sp³-hybridized carbons (Fsp3) is 0.720. The highest BCUT2D eigenvalue weighted by Crippen LogP contribution is 2.49. The monoisotopic (exact) mass is 544 g/mol. The number of thiazole rings is 1. The number of carbonyl (C=O) groups is 2. The maximum absolute atomic E-state index is 15.3. The highest BCUT2D eigenvalue weighted by Gasteiger charge is 2.56. The zero-order valence-corrected chi connectivity index (χ0v) is 22.3. The first-order valence-electron chi connectivity index (χ1n) is 12.4. The van der Waals surface area contributed by atoms with Crippen LogP contribution in [0.2, 0.25) is 0 Å². The van der Waals surface area contributed by atoms with Gasteiger partial charge in [-0.15, -0.1) is 11.3 Å². The standard InChI is InChI=1S/C25H34ClFN2O6S/c1-13-22(32)14(2)34-8-7-25(26)20(35-25)10-18(17(27)9-16-12-36-15(3)28-16)29-21(31)11-19(30)24(23(13)33)5-4-6-24/h9,12-14,18-20,22,30,32H,4-8,10-11H2,1-3H3,(H,29,31)/t13-,14+,18+,19+,20+,22+,25-/m1/s1. The van der Waals surface area contributed by atoms with E-state index in [1.807, 2.05) is 6.92 Å². The summed E-state index contributed by atoms with van der Waals surface area (Å²) in [6.45, 7) is 5.27. The maximum atomic E-state index is 15.3. The van der Waals surface area contributed by atoms with Crippen molar-refractivity contribution < 1.29 is 33.7 Å². The third-order valence-corrected chi connectivity index (χ3v) is 9.10. The van der Waals surface area contributed by atoms with Gasteiger partial charge in [0.25, 0.3) is 0 Å². The quantitative estimate of drug-likeness (QED) is 0.386. The van der Waals surface area contributed by atoms with Gasteiger partial charge >= 0.3 is 0 Å².